The Morgan fingerprint density at radius 1 is 1.12 bits per heavy atom. The van der Waals surface area contributed by atoms with Crippen LogP contribution < -0.4 is 14.4 Å². The fourth-order valence-corrected chi connectivity index (χ4v) is 5.61. The third-order valence-corrected chi connectivity index (χ3v) is 7.75. The Bertz CT molecular complexity index is 1280. The van der Waals surface area contributed by atoms with Crippen molar-refractivity contribution in [2.45, 2.75) is 31.2 Å². The van der Waals surface area contributed by atoms with Gasteiger partial charge in [0.15, 0.2) is 6.61 Å². The van der Waals surface area contributed by atoms with Crippen LogP contribution in [0.25, 0.3) is 0 Å². The number of halogens is 1. The van der Waals surface area contributed by atoms with Gasteiger partial charge in [0.1, 0.15) is 5.75 Å². The van der Waals surface area contributed by atoms with E-state index < -0.39 is 10.0 Å². The van der Waals surface area contributed by atoms with Crippen LogP contribution in [0.1, 0.15) is 29.7 Å². The van der Waals surface area contributed by atoms with Crippen molar-refractivity contribution < 1.29 is 17.9 Å². The van der Waals surface area contributed by atoms with Gasteiger partial charge in [-0.05, 0) is 73.4 Å². The Hall–Kier alpha value is -3.03. The molecule has 1 heterocycles. The maximum atomic E-state index is 13.2. The standard InChI is InChI=1S/C25H25ClN2O4S/c1-17-15-22(33(30,31)28-14-13-20-5-3-4-6-23(20)28)11-12-24(17)32-16-25(29)27-18(2)19-7-9-21(26)10-8-19/h3-12,15,18H,13-14,16H2,1-2H3,(H,27,29)/t18-/m0/s1. The van der Waals surface area contributed by atoms with Gasteiger partial charge in [-0.1, -0.05) is 41.9 Å². The minimum Gasteiger partial charge on any atom is -0.484 e. The van der Waals surface area contributed by atoms with Crippen molar-refractivity contribution in [2.24, 2.45) is 0 Å². The number of ether oxygens (including phenoxy) is 1. The SMILES string of the molecule is Cc1cc(S(=O)(=O)N2CCc3ccccc32)ccc1OCC(=O)N[C@@H](C)c1ccc(Cl)cc1. The number of sulfonamides is 1. The molecule has 6 nitrogen and oxygen atoms in total. The molecule has 8 heteroatoms. The van der Waals surface area contributed by atoms with Crippen molar-refractivity contribution in [3.8, 4) is 5.75 Å². The second kappa shape index (κ2) is 9.45. The zero-order valence-electron chi connectivity index (χ0n) is 18.4. The van der Waals surface area contributed by atoms with E-state index in [1.54, 1.807) is 31.2 Å². The second-order valence-corrected chi connectivity index (χ2v) is 10.3. The number of para-hydroxylation sites is 1. The van der Waals surface area contributed by atoms with E-state index >= 15 is 0 Å². The van der Waals surface area contributed by atoms with E-state index in [0.29, 0.717) is 29.3 Å². The summed E-state index contributed by atoms with van der Waals surface area (Å²) in [6.07, 6.45) is 0.694. The summed E-state index contributed by atoms with van der Waals surface area (Å²) in [7, 11) is -3.68. The topological polar surface area (TPSA) is 75.7 Å². The molecular weight excluding hydrogens is 460 g/mol. The van der Waals surface area contributed by atoms with Crippen LogP contribution >= 0.6 is 11.6 Å². The first-order valence-electron chi connectivity index (χ1n) is 10.6. The van der Waals surface area contributed by atoms with Crippen LogP contribution in [-0.2, 0) is 21.2 Å². The third-order valence-electron chi connectivity index (χ3n) is 5.69. The lowest BCUT2D eigenvalue weighted by molar-refractivity contribution is -0.123. The average Bonchev–Trinajstić information content (AvgIpc) is 3.23. The molecule has 0 radical (unpaired) electrons. The van der Waals surface area contributed by atoms with Crippen molar-refractivity contribution in [1.82, 2.24) is 5.32 Å². The molecule has 1 atom stereocenters. The van der Waals surface area contributed by atoms with Crippen molar-refractivity contribution >= 4 is 33.2 Å². The molecule has 1 aliphatic rings. The number of benzene rings is 3. The summed E-state index contributed by atoms with van der Waals surface area (Å²) in [6, 6.07) is 19.3. The molecule has 1 aliphatic heterocycles. The molecule has 3 aromatic carbocycles. The number of hydrogen-bond donors (Lipinski definition) is 1. The average molecular weight is 485 g/mol. The zero-order valence-corrected chi connectivity index (χ0v) is 20.0. The van der Waals surface area contributed by atoms with E-state index in [9.17, 15) is 13.2 Å². The molecule has 3 aromatic rings. The number of rotatable bonds is 7. The Morgan fingerprint density at radius 3 is 2.58 bits per heavy atom. The van der Waals surface area contributed by atoms with E-state index in [-0.39, 0.29) is 23.5 Å². The Morgan fingerprint density at radius 2 is 1.85 bits per heavy atom. The maximum Gasteiger partial charge on any atom is 0.264 e. The highest BCUT2D eigenvalue weighted by molar-refractivity contribution is 7.92. The molecule has 0 spiro atoms. The second-order valence-electron chi connectivity index (χ2n) is 8.01. The summed E-state index contributed by atoms with van der Waals surface area (Å²) in [5.74, 6) is 0.187. The minimum atomic E-state index is -3.68. The van der Waals surface area contributed by atoms with E-state index in [2.05, 4.69) is 5.32 Å². The molecule has 0 bridgehead atoms. The van der Waals surface area contributed by atoms with Crippen molar-refractivity contribution in [1.29, 1.82) is 0 Å². The number of carbonyl (C=O) groups excluding carboxylic acids is 1. The summed E-state index contributed by atoms with van der Waals surface area (Å²) >= 11 is 5.91. The number of carbonyl (C=O) groups is 1. The summed E-state index contributed by atoms with van der Waals surface area (Å²) in [5.41, 5.74) is 3.32. The van der Waals surface area contributed by atoms with Gasteiger partial charge in [-0.3, -0.25) is 9.10 Å². The molecule has 0 saturated heterocycles. The number of amides is 1. The number of fused-ring (bicyclic) bond motifs is 1. The highest BCUT2D eigenvalue weighted by atomic mass is 35.5. The first kappa shape index (κ1) is 23.1. The molecule has 1 N–H and O–H groups in total. The number of aryl methyl sites for hydroxylation is 1. The first-order chi connectivity index (χ1) is 15.8. The Balaban J connectivity index is 1.41. The van der Waals surface area contributed by atoms with Gasteiger partial charge in [0.2, 0.25) is 0 Å². The molecule has 0 aliphatic carbocycles. The third kappa shape index (κ3) is 4.99. The fraction of sp³-hybridized carbons (Fsp3) is 0.240. The fourth-order valence-electron chi connectivity index (χ4n) is 3.89. The van der Waals surface area contributed by atoms with Crippen LogP contribution in [0.15, 0.2) is 71.6 Å². The Kier molecular flexibility index (Phi) is 6.63. The van der Waals surface area contributed by atoms with Crippen LogP contribution in [0.4, 0.5) is 5.69 Å². The summed E-state index contributed by atoms with van der Waals surface area (Å²) in [4.78, 5) is 12.5. The van der Waals surface area contributed by atoms with Crippen molar-refractivity contribution in [3.05, 3.63) is 88.4 Å². The van der Waals surface area contributed by atoms with Gasteiger partial charge in [-0.15, -0.1) is 0 Å². The van der Waals surface area contributed by atoms with Gasteiger partial charge in [0, 0.05) is 11.6 Å². The lowest BCUT2D eigenvalue weighted by Gasteiger charge is -2.20. The van der Waals surface area contributed by atoms with Crippen molar-refractivity contribution in [2.75, 3.05) is 17.5 Å². The number of hydrogen-bond acceptors (Lipinski definition) is 4. The lowest BCUT2D eigenvalue weighted by atomic mass is 10.1. The van der Waals surface area contributed by atoms with Crippen LogP contribution in [0.2, 0.25) is 5.02 Å². The van der Waals surface area contributed by atoms with E-state index in [4.69, 9.17) is 16.3 Å². The lowest BCUT2D eigenvalue weighted by Crippen LogP contribution is -2.31. The van der Waals surface area contributed by atoms with Gasteiger partial charge in [-0.2, -0.15) is 0 Å². The maximum absolute atomic E-state index is 13.2. The summed E-state index contributed by atoms with van der Waals surface area (Å²) < 4.78 is 33.5. The van der Waals surface area contributed by atoms with Gasteiger partial charge in [0.25, 0.3) is 15.9 Å². The highest BCUT2D eigenvalue weighted by Crippen LogP contribution is 2.33. The molecule has 0 saturated carbocycles. The zero-order chi connectivity index (χ0) is 23.6. The van der Waals surface area contributed by atoms with Gasteiger partial charge in [-0.25, -0.2) is 8.42 Å². The number of nitrogens with zero attached hydrogens (tertiary/aromatic N) is 1. The quantitative estimate of drug-likeness (QED) is 0.529. The minimum absolute atomic E-state index is 0.176. The predicted octanol–water partition coefficient (Wildman–Crippen LogP) is 4.66. The number of anilines is 1. The molecule has 172 valence electrons. The summed E-state index contributed by atoms with van der Waals surface area (Å²) in [6.45, 7) is 3.89. The predicted molar refractivity (Wildman–Crippen MR) is 129 cm³/mol. The van der Waals surface area contributed by atoms with E-state index in [1.165, 1.54) is 10.4 Å². The highest BCUT2D eigenvalue weighted by Gasteiger charge is 2.30. The normalized spacial score (nSPS) is 14.0. The molecule has 4 rings (SSSR count). The first-order valence-corrected chi connectivity index (χ1v) is 12.5. The molecular formula is C25H25ClN2O4S. The van der Waals surface area contributed by atoms with Gasteiger partial charge >= 0.3 is 0 Å². The van der Waals surface area contributed by atoms with Gasteiger partial charge < -0.3 is 10.1 Å². The number of nitrogens with one attached hydrogen (secondary N) is 1. The Labute approximate surface area is 199 Å². The van der Waals surface area contributed by atoms with E-state index in [1.807, 2.05) is 43.3 Å². The van der Waals surface area contributed by atoms with Gasteiger partial charge in [0.05, 0.1) is 16.6 Å². The van der Waals surface area contributed by atoms with Crippen LogP contribution in [-0.4, -0.2) is 27.5 Å². The molecule has 0 unspecified atom stereocenters. The molecule has 1 amide bonds. The molecule has 0 aromatic heterocycles. The molecule has 0 fully saturated rings. The van der Waals surface area contributed by atoms with Crippen LogP contribution in [0.5, 0.6) is 5.75 Å². The van der Waals surface area contributed by atoms with Crippen LogP contribution in [0.3, 0.4) is 0 Å². The van der Waals surface area contributed by atoms with E-state index in [0.717, 1.165) is 16.8 Å². The van der Waals surface area contributed by atoms with Crippen molar-refractivity contribution in [3.63, 3.8) is 0 Å². The van der Waals surface area contributed by atoms with Crippen LogP contribution in [0, 0.1) is 6.92 Å². The molecule has 33 heavy (non-hydrogen) atoms. The summed E-state index contributed by atoms with van der Waals surface area (Å²) in [5, 5.41) is 3.51. The largest absolute Gasteiger partial charge is 0.484 e. The smallest absolute Gasteiger partial charge is 0.264 e. The monoisotopic (exact) mass is 484 g/mol.